The summed E-state index contributed by atoms with van der Waals surface area (Å²) < 4.78 is 20.1. The molecule has 0 saturated carbocycles. The molecule has 0 spiro atoms. The maximum absolute atomic E-state index is 14.7. The van der Waals surface area contributed by atoms with Crippen LogP contribution in [-0.4, -0.2) is 55.5 Å². The Morgan fingerprint density at radius 3 is 2.32 bits per heavy atom. The lowest BCUT2D eigenvalue weighted by Crippen LogP contribution is -2.40. The number of phenols is 1. The van der Waals surface area contributed by atoms with Crippen molar-refractivity contribution in [3.05, 3.63) is 59.5 Å². The highest BCUT2D eigenvalue weighted by molar-refractivity contribution is 5.91. The van der Waals surface area contributed by atoms with E-state index in [0.29, 0.717) is 78.7 Å². The number of halogens is 2. The fourth-order valence-corrected chi connectivity index (χ4v) is 5.00. The summed E-state index contributed by atoms with van der Waals surface area (Å²) >= 11 is 0. The first-order chi connectivity index (χ1) is 18.0. The number of aromatic hydroxyl groups is 1. The number of piperidine rings is 1. The molecule has 2 aliphatic heterocycles. The summed E-state index contributed by atoms with van der Waals surface area (Å²) in [5, 5.41) is 30.4. The zero-order valence-corrected chi connectivity index (χ0v) is 21.5. The highest BCUT2D eigenvalue weighted by Crippen LogP contribution is 2.41. The zero-order valence-electron chi connectivity index (χ0n) is 20.7. The van der Waals surface area contributed by atoms with Crippen molar-refractivity contribution >= 4 is 23.9 Å². The number of rotatable bonds is 4. The van der Waals surface area contributed by atoms with Crippen LogP contribution in [0, 0.1) is 28.5 Å². The molecule has 196 valence electrons. The Bertz CT molecular complexity index is 1410. The second-order valence-electron chi connectivity index (χ2n) is 9.29. The predicted octanol–water partition coefficient (Wildman–Crippen LogP) is 4.19. The third kappa shape index (κ3) is 5.23. The fraction of sp³-hybridized carbons (Fsp3) is 0.321. The molecule has 0 atom stereocenters. The van der Waals surface area contributed by atoms with E-state index in [1.165, 1.54) is 12.1 Å². The van der Waals surface area contributed by atoms with E-state index in [4.69, 9.17) is 10.5 Å². The molecule has 2 fully saturated rings. The number of nitriles is 2. The molecule has 8 nitrogen and oxygen atoms in total. The summed E-state index contributed by atoms with van der Waals surface area (Å²) in [6.45, 7) is 3.87. The molecule has 3 heterocycles. The third-order valence-electron chi connectivity index (χ3n) is 7.03. The minimum Gasteiger partial charge on any atom is -0.506 e. The van der Waals surface area contributed by atoms with Gasteiger partial charge in [-0.05, 0) is 48.2 Å². The van der Waals surface area contributed by atoms with Crippen molar-refractivity contribution in [3.63, 3.8) is 0 Å². The highest BCUT2D eigenvalue weighted by Gasteiger charge is 2.25. The molecule has 5 rings (SSSR count). The van der Waals surface area contributed by atoms with E-state index in [2.05, 4.69) is 16.0 Å². The van der Waals surface area contributed by atoms with Gasteiger partial charge in [-0.2, -0.15) is 10.5 Å². The Morgan fingerprint density at radius 1 is 0.974 bits per heavy atom. The van der Waals surface area contributed by atoms with Crippen molar-refractivity contribution in [2.24, 2.45) is 5.73 Å². The van der Waals surface area contributed by atoms with Crippen LogP contribution in [0.5, 0.6) is 5.75 Å². The predicted molar refractivity (Wildman–Crippen MR) is 146 cm³/mol. The average Bonchev–Trinajstić information content (AvgIpc) is 2.93. The van der Waals surface area contributed by atoms with Crippen LogP contribution in [0.1, 0.15) is 24.0 Å². The first-order valence-corrected chi connectivity index (χ1v) is 12.3. The molecule has 2 aliphatic rings. The summed E-state index contributed by atoms with van der Waals surface area (Å²) in [6, 6.07) is 13.9. The Labute approximate surface area is 227 Å². The van der Waals surface area contributed by atoms with E-state index in [-0.39, 0.29) is 29.8 Å². The number of anilines is 2. The SMILES string of the molecule is Cl.N#Cc1ccc(-c2c(-c3ccc(N4CCOCC4)c(O)c3)cnc(N3CCC(N)CC3)c2C#N)cc1F. The number of nitrogens with two attached hydrogens (primary N) is 1. The van der Waals surface area contributed by atoms with Crippen LogP contribution >= 0.6 is 12.4 Å². The number of phenolic OH excluding ortho intramolecular Hbond substituents is 1. The average molecular weight is 535 g/mol. The van der Waals surface area contributed by atoms with Gasteiger partial charge in [0, 0.05) is 49.5 Å². The van der Waals surface area contributed by atoms with Gasteiger partial charge < -0.3 is 25.4 Å². The molecule has 0 unspecified atom stereocenters. The molecule has 0 radical (unpaired) electrons. The number of ether oxygens (including phenoxy) is 1. The van der Waals surface area contributed by atoms with Gasteiger partial charge in [0.1, 0.15) is 35.1 Å². The minimum absolute atomic E-state index is 0. The Kier molecular flexibility index (Phi) is 8.33. The number of hydrogen-bond acceptors (Lipinski definition) is 8. The molecule has 3 aromatic rings. The van der Waals surface area contributed by atoms with Crippen molar-refractivity contribution < 1.29 is 14.2 Å². The molecule has 1 aromatic heterocycles. The number of pyridine rings is 1. The van der Waals surface area contributed by atoms with E-state index in [0.717, 1.165) is 12.8 Å². The lowest BCUT2D eigenvalue weighted by atomic mass is 9.91. The Hall–Kier alpha value is -3.89. The van der Waals surface area contributed by atoms with E-state index in [1.807, 2.05) is 23.1 Å². The van der Waals surface area contributed by atoms with Crippen LogP contribution in [0.15, 0.2) is 42.6 Å². The zero-order chi connectivity index (χ0) is 25.9. The second kappa shape index (κ2) is 11.7. The monoisotopic (exact) mass is 534 g/mol. The number of morpholine rings is 1. The van der Waals surface area contributed by atoms with Crippen LogP contribution in [0.25, 0.3) is 22.3 Å². The van der Waals surface area contributed by atoms with Gasteiger partial charge in [0.2, 0.25) is 0 Å². The van der Waals surface area contributed by atoms with E-state index in [1.54, 1.807) is 18.3 Å². The summed E-state index contributed by atoms with van der Waals surface area (Å²) in [6.07, 6.45) is 3.23. The number of aromatic nitrogens is 1. The van der Waals surface area contributed by atoms with E-state index in [9.17, 15) is 20.0 Å². The lowest BCUT2D eigenvalue weighted by molar-refractivity contribution is 0.122. The van der Waals surface area contributed by atoms with Gasteiger partial charge in [0.15, 0.2) is 0 Å². The highest BCUT2D eigenvalue weighted by atomic mass is 35.5. The number of nitrogens with zero attached hydrogens (tertiary/aromatic N) is 5. The molecule has 2 saturated heterocycles. The van der Waals surface area contributed by atoms with Gasteiger partial charge in [-0.3, -0.25) is 0 Å². The molecule has 10 heteroatoms. The van der Waals surface area contributed by atoms with E-state index >= 15 is 0 Å². The van der Waals surface area contributed by atoms with Crippen molar-refractivity contribution in [1.82, 2.24) is 4.98 Å². The summed E-state index contributed by atoms with van der Waals surface area (Å²) in [4.78, 5) is 8.76. The Balaban J connectivity index is 0.00000336. The normalized spacial score (nSPS) is 15.9. The van der Waals surface area contributed by atoms with Gasteiger partial charge in [0.05, 0.1) is 24.5 Å². The van der Waals surface area contributed by atoms with Gasteiger partial charge in [-0.15, -0.1) is 12.4 Å². The first-order valence-electron chi connectivity index (χ1n) is 12.3. The second-order valence-corrected chi connectivity index (χ2v) is 9.29. The quantitative estimate of drug-likeness (QED) is 0.511. The van der Waals surface area contributed by atoms with Crippen LogP contribution in [0.4, 0.5) is 15.9 Å². The van der Waals surface area contributed by atoms with Crippen molar-refractivity contribution in [2.45, 2.75) is 18.9 Å². The molecule has 3 N–H and O–H groups in total. The Morgan fingerprint density at radius 2 is 1.68 bits per heavy atom. The largest absolute Gasteiger partial charge is 0.506 e. The molecule has 0 amide bonds. The van der Waals surface area contributed by atoms with Gasteiger partial charge in [0.25, 0.3) is 0 Å². The number of hydrogen-bond donors (Lipinski definition) is 2. The topological polar surface area (TPSA) is 122 Å². The van der Waals surface area contributed by atoms with Gasteiger partial charge in [-0.25, -0.2) is 9.37 Å². The van der Waals surface area contributed by atoms with E-state index < -0.39 is 5.82 Å². The van der Waals surface area contributed by atoms with Gasteiger partial charge >= 0.3 is 0 Å². The maximum atomic E-state index is 14.7. The van der Waals surface area contributed by atoms with Crippen LogP contribution < -0.4 is 15.5 Å². The van der Waals surface area contributed by atoms with Crippen LogP contribution in [0.3, 0.4) is 0 Å². The van der Waals surface area contributed by atoms with Crippen molar-refractivity contribution in [1.29, 1.82) is 10.5 Å². The summed E-state index contributed by atoms with van der Waals surface area (Å²) in [5.41, 5.74) is 9.21. The number of benzene rings is 2. The fourth-order valence-electron chi connectivity index (χ4n) is 5.00. The molecule has 2 aromatic carbocycles. The third-order valence-corrected chi connectivity index (χ3v) is 7.03. The smallest absolute Gasteiger partial charge is 0.147 e. The maximum Gasteiger partial charge on any atom is 0.147 e. The van der Waals surface area contributed by atoms with Crippen molar-refractivity contribution in [2.75, 3.05) is 49.2 Å². The molecular weight excluding hydrogens is 507 g/mol. The van der Waals surface area contributed by atoms with Crippen LogP contribution in [0.2, 0.25) is 0 Å². The molecule has 0 bridgehead atoms. The lowest BCUT2D eigenvalue weighted by Gasteiger charge is -2.32. The van der Waals surface area contributed by atoms with Gasteiger partial charge in [-0.1, -0.05) is 12.1 Å². The summed E-state index contributed by atoms with van der Waals surface area (Å²) in [5.74, 6) is -0.0429. The van der Waals surface area contributed by atoms with Crippen molar-refractivity contribution in [3.8, 4) is 40.1 Å². The molecule has 38 heavy (non-hydrogen) atoms. The molecular formula is C28H28ClFN6O2. The minimum atomic E-state index is -0.664. The molecule has 0 aliphatic carbocycles. The standard InChI is InChI=1S/C28H27FN6O2.ClH/c29-24-13-19(1-2-20(24)15-30)27-22(16-31)28(35-7-5-21(32)6-8-35)33-17-23(27)18-3-4-25(26(36)14-18)34-9-11-37-12-10-34;/h1-4,13-14,17,21,36H,5-12,32H2;1H. The summed E-state index contributed by atoms with van der Waals surface area (Å²) in [7, 11) is 0. The van der Waals surface area contributed by atoms with Crippen LogP contribution in [-0.2, 0) is 4.74 Å². The first kappa shape index (κ1) is 27.2.